The highest BCUT2D eigenvalue weighted by Gasteiger charge is 2.30. The summed E-state index contributed by atoms with van der Waals surface area (Å²) in [5.74, 6) is 0. The second-order valence-electron chi connectivity index (χ2n) is 6.13. The molecule has 0 atom stereocenters. The monoisotopic (exact) mass is 269 g/mol. The van der Waals surface area contributed by atoms with Crippen LogP contribution in [0.4, 0.5) is 13.2 Å². The van der Waals surface area contributed by atoms with Crippen LogP contribution in [0.15, 0.2) is 24.4 Å². The van der Waals surface area contributed by atoms with E-state index in [1.807, 2.05) is 6.20 Å². The van der Waals surface area contributed by atoms with Crippen molar-refractivity contribution in [2.45, 2.75) is 39.8 Å². The minimum Gasteiger partial charge on any atom is -0.361 e. The van der Waals surface area contributed by atoms with Gasteiger partial charge < -0.3 is 4.98 Å². The maximum atomic E-state index is 12.7. The normalized spacial score (nSPS) is 13.2. The first-order valence-corrected chi connectivity index (χ1v) is 6.34. The van der Waals surface area contributed by atoms with Crippen LogP contribution in [0, 0.1) is 5.41 Å². The maximum absolute atomic E-state index is 12.7. The molecule has 0 spiro atoms. The summed E-state index contributed by atoms with van der Waals surface area (Å²) in [4.78, 5) is 3.04. The Bertz CT molecular complexity index is 573. The molecule has 2 aromatic rings. The molecule has 0 fully saturated rings. The standard InChI is InChI=1S/C15H18F3N/c1-14(2,3)7-6-10-9-19-13-5-4-11(8-12(10)13)15(16,17)18/h4-5,8-9,19H,6-7H2,1-3H3. The Hall–Kier alpha value is -1.45. The highest BCUT2D eigenvalue weighted by molar-refractivity contribution is 5.84. The molecule has 2 rings (SSSR count). The Morgan fingerprint density at radius 3 is 2.37 bits per heavy atom. The summed E-state index contributed by atoms with van der Waals surface area (Å²) in [7, 11) is 0. The Balaban J connectivity index is 2.35. The number of nitrogens with one attached hydrogen (secondary N) is 1. The number of aromatic amines is 1. The van der Waals surface area contributed by atoms with Gasteiger partial charge in [0.25, 0.3) is 0 Å². The second kappa shape index (κ2) is 4.58. The molecular formula is C15H18F3N. The van der Waals surface area contributed by atoms with E-state index in [-0.39, 0.29) is 5.41 Å². The molecule has 19 heavy (non-hydrogen) atoms. The average Bonchev–Trinajstić information content (AvgIpc) is 2.66. The fourth-order valence-electron chi connectivity index (χ4n) is 2.07. The van der Waals surface area contributed by atoms with Crippen LogP contribution < -0.4 is 0 Å². The van der Waals surface area contributed by atoms with Gasteiger partial charge in [0, 0.05) is 17.1 Å². The summed E-state index contributed by atoms with van der Waals surface area (Å²) in [6.45, 7) is 6.38. The van der Waals surface area contributed by atoms with E-state index in [0.29, 0.717) is 5.39 Å². The molecule has 1 heterocycles. The zero-order valence-corrected chi connectivity index (χ0v) is 11.4. The molecule has 0 aliphatic rings. The molecule has 4 heteroatoms. The van der Waals surface area contributed by atoms with Gasteiger partial charge in [0.05, 0.1) is 5.56 Å². The summed E-state index contributed by atoms with van der Waals surface area (Å²) in [5, 5.41) is 0.680. The van der Waals surface area contributed by atoms with Crippen LogP contribution in [0.3, 0.4) is 0 Å². The van der Waals surface area contributed by atoms with Gasteiger partial charge in [-0.15, -0.1) is 0 Å². The van der Waals surface area contributed by atoms with Crippen molar-refractivity contribution >= 4 is 10.9 Å². The number of hydrogen-bond acceptors (Lipinski definition) is 0. The van der Waals surface area contributed by atoms with Gasteiger partial charge in [-0.3, -0.25) is 0 Å². The van der Waals surface area contributed by atoms with Crippen LogP contribution in [-0.2, 0) is 12.6 Å². The molecule has 0 aliphatic carbocycles. The van der Waals surface area contributed by atoms with E-state index >= 15 is 0 Å². The minimum atomic E-state index is -4.28. The van der Waals surface area contributed by atoms with Crippen molar-refractivity contribution in [1.82, 2.24) is 4.98 Å². The third-order valence-electron chi connectivity index (χ3n) is 3.24. The average molecular weight is 269 g/mol. The van der Waals surface area contributed by atoms with Crippen molar-refractivity contribution in [3.63, 3.8) is 0 Å². The predicted octanol–water partition coefficient (Wildman–Crippen LogP) is 5.17. The molecule has 0 unspecified atom stereocenters. The van der Waals surface area contributed by atoms with E-state index in [1.54, 1.807) is 0 Å². The molecule has 0 saturated heterocycles. The van der Waals surface area contributed by atoms with Crippen molar-refractivity contribution < 1.29 is 13.2 Å². The zero-order chi connectivity index (χ0) is 14.3. The van der Waals surface area contributed by atoms with Gasteiger partial charge in [-0.05, 0) is 42.0 Å². The first-order chi connectivity index (χ1) is 8.67. The number of aromatic nitrogens is 1. The number of fused-ring (bicyclic) bond motifs is 1. The quantitative estimate of drug-likeness (QED) is 0.774. The number of alkyl halides is 3. The van der Waals surface area contributed by atoms with Crippen LogP contribution in [0.5, 0.6) is 0 Å². The highest BCUT2D eigenvalue weighted by atomic mass is 19.4. The van der Waals surface area contributed by atoms with Crippen LogP contribution in [0.2, 0.25) is 0 Å². The summed E-state index contributed by atoms with van der Waals surface area (Å²) in [6.07, 6.45) is -0.746. The number of hydrogen-bond donors (Lipinski definition) is 1. The van der Waals surface area contributed by atoms with E-state index in [9.17, 15) is 13.2 Å². The van der Waals surface area contributed by atoms with Gasteiger partial charge >= 0.3 is 6.18 Å². The number of H-pyrrole nitrogens is 1. The number of aryl methyl sites for hydroxylation is 1. The topological polar surface area (TPSA) is 15.8 Å². The lowest BCUT2D eigenvalue weighted by Crippen LogP contribution is -2.06. The number of rotatable bonds is 2. The summed E-state index contributed by atoms with van der Waals surface area (Å²) in [6, 6.07) is 3.86. The Kier molecular flexibility index (Phi) is 3.37. The van der Waals surface area contributed by atoms with Gasteiger partial charge in [0.2, 0.25) is 0 Å². The Morgan fingerprint density at radius 2 is 1.79 bits per heavy atom. The summed E-state index contributed by atoms with van der Waals surface area (Å²) < 4.78 is 38.2. The van der Waals surface area contributed by atoms with Crippen molar-refractivity contribution in [3.05, 3.63) is 35.5 Å². The molecular weight excluding hydrogens is 251 g/mol. The molecule has 0 aliphatic heterocycles. The fourth-order valence-corrected chi connectivity index (χ4v) is 2.07. The highest BCUT2D eigenvalue weighted by Crippen LogP contribution is 2.33. The van der Waals surface area contributed by atoms with Gasteiger partial charge in [0.1, 0.15) is 0 Å². The second-order valence-corrected chi connectivity index (χ2v) is 6.13. The van der Waals surface area contributed by atoms with Gasteiger partial charge in [-0.1, -0.05) is 20.8 Å². The fraction of sp³-hybridized carbons (Fsp3) is 0.467. The third-order valence-corrected chi connectivity index (χ3v) is 3.24. The lowest BCUT2D eigenvalue weighted by Gasteiger charge is -2.17. The van der Waals surface area contributed by atoms with Crippen LogP contribution in [-0.4, -0.2) is 4.98 Å². The molecule has 0 bridgehead atoms. The Morgan fingerprint density at radius 1 is 1.11 bits per heavy atom. The molecule has 1 nitrogen and oxygen atoms in total. The zero-order valence-electron chi connectivity index (χ0n) is 11.4. The summed E-state index contributed by atoms with van der Waals surface area (Å²) in [5.41, 5.74) is 1.30. The molecule has 104 valence electrons. The van der Waals surface area contributed by atoms with E-state index in [1.165, 1.54) is 12.1 Å². The molecule has 1 aromatic carbocycles. The predicted molar refractivity (Wildman–Crippen MR) is 71.1 cm³/mol. The van der Waals surface area contributed by atoms with Gasteiger partial charge in [-0.2, -0.15) is 13.2 Å². The van der Waals surface area contributed by atoms with Gasteiger partial charge in [-0.25, -0.2) is 0 Å². The Labute approximate surface area is 110 Å². The minimum absolute atomic E-state index is 0.172. The maximum Gasteiger partial charge on any atom is 0.416 e. The summed E-state index contributed by atoms with van der Waals surface area (Å²) >= 11 is 0. The largest absolute Gasteiger partial charge is 0.416 e. The number of benzene rings is 1. The first-order valence-electron chi connectivity index (χ1n) is 6.34. The van der Waals surface area contributed by atoms with E-state index in [2.05, 4.69) is 25.8 Å². The van der Waals surface area contributed by atoms with Crippen LogP contribution >= 0.6 is 0 Å². The van der Waals surface area contributed by atoms with E-state index in [4.69, 9.17) is 0 Å². The molecule has 1 N–H and O–H groups in total. The van der Waals surface area contributed by atoms with Crippen molar-refractivity contribution in [1.29, 1.82) is 0 Å². The SMILES string of the molecule is CC(C)(C)CCc1c[nH]c2ccc(C(F)(F)F)cc12. The van der Waals surface area contributed by atoms with Crippen molar-refractivity contribution in [2.24, 2.45) is 5.41 Å². The van der Waals surface area contributed by atoms with E-state index < -0.39 is 11.7 Å². The molecule has 0 saturated carbocycles. The third kappa shape index (κ3) is 3.31. The van der Waals surface area contributed by atoms with E-state index in [0.717, 1.165) is 30.0 Å². The lowest BCUT2D eigenvalue weighted by atomic mass is 9.88. The van der Waals surface area contributed by atoms with Crippen molar-refractivity contribution in [3.8, 4) is 0 Å². The van der Waals surface area contributed by atoms with Crippen LogP contribution in [0.1, 0.15) is 38.3 Å². The molecule has 1 aromatic heterocycles. The van der Waals surface area contributed by atoms with Crippen LogP contribution in [0.25, 0.3) is 10.9 Å². The van der Waals surface area contributed by atoms with Crippen molar-refractivity contribution in [2.75, 3.05) is 0 Å². The number of halogens is 3. The molecule has 0 amide bonds. The smallest absolute Gasteiger partial charge is 0.361 e. The van der Waals surface area contributed by atoms with Gasteiger partial charge in [0.15, 0.2) is 0 Å². The lowest BCUT2D eigenvalue weighted by molar-refractivity contribution is -0.137. The first kappa shape index (κ1) is 14.0. The molecule has 0 radical (unpaired) electrons.